The quantitative estimate of drug-likeness (QED) is 0.250. The number of nitrogens with one attached hydrogen (secondary N) is 1. The van der Waals surface area contributed by atoms with Gasteiger partial charge in [0.15, 0.2) is 6.10 Å². The number of aryl methyl sites for hydroxylation is 2. The Morgan fingerprint density at radius 1 is 1.00 bits per heavy atom. The number of rotatable bonds is 10. The van der Waals surface area contributed by atoms with Crippen LogP contribution in [0.3, 0.4) is 0 Å². The molecule has 0 bridgehead atoms. The summed E-state index contributed by atoms with van der Waals surface area (Å²) in [6.07, 6.45) is -0.372. The number of anilines is 2. The Hall–Kier alpha value is -4.54. The van der Waals surface area contributed by atoms with E-state index < -0.39 is 28.6 Å². The van der Waals surface area contributed by atoms with Crippen molar-refractivity contribution in [3.63, 3.8) is 0 Å². The monoisotopic (exact) mass is 647 g/mol. The highest BCUT2D eigenvalue weighted by Gasteiger charge is 2.37. The lowest BCUT2D eigenvalue weighted by Crippen LogP contribution is -2.53. The summed E-state index contributed by atoms with van der Waals surface area (Å²) in [4.78, 5) is 28.7. The number of fused-ring (bicyclic) bond motifs is 1. The van der Waals surface area contributed by atoms with Crippen molar-refractivity contribution in [1.82, 2.24) is 5.32 Å². The van der Waals surface area contributed by atoms with E-state index in [4.69, 9.17) is 21.1 Å². The number of ether oxygens (including phenoxy) is 2. The predicted octanol–water partition coefficient (Wildman–Crippen LogP) is 5.31. The maximum absolute atomic E-state index is 14.3. The third-order valence-electron chi connectivity index (χ3n) is 7.53. The van der Waals surface area contributed by atoms with E-state index in [2.05, 4.69) is 5.32 Å². The number of amides is 2. The Labute approximate surface area is 268 Å². The van der Waals surface area contributed by atoms with Crippen LogP contribution in [0.25, 0.3) is 0 Å². The molecule has 1 atom stereocenters. The molecule has 9 nitrogen and oxygen atoms in total. The molecule has 11 heteroatoms. The number of nitrogens with zero attached hydrogens (tertiary/aromatic N) is 2. The number of carbonyl (C=O) groups excluding carboxylic acids is 2. The van der Waals surface area contributed by atoms with Gasteiger partial charge in [-0.05, 0) is 73.4 Å². The van der Waals surface area contributed by atoms with E-state index in [0.29, 0.717) is 35.0 Å². The normalized spacial score (nSPS) is 14.2. The van der Waals surface area contributed by atoms with Gasteiger partial charge in [-0.3, -0.25) is 13.9 Å². The van der Waals surface area contributed by atoms with Gasteiger partial charge < -0.3 is 19.7 Å². The van der Waals surface area contributed by atoms with E-state index in [1.54, 1.807) is 62.4 Å². The topological polar surface area (TPSA) is 105 Å². The van der Waals surface area contributed by atoms with Crippen molar-refractivity contribution in [1.29, 1.82) is 0 Å². The van der Waals surface area contributed by atoms with E-state index in [1.165, 1.54) is 24.1 Å². The summed E-state index contributed by atoms with van der Waals surface area (Å²) in [5.74, 6) is -0.453. The average molecular weight is 648 g/mol. The predicted molar refractivity (Wildman–Crippen MR) is 175 cm³/mol. The molecule has 0 saturated heterocycles. The maximum Gasteiger partial charge on any atom is 0.268 e. The van der Waals surface area contributed by atoms with Crippen LogP contribution in [-0.4, -0.2) is 53.1 Å². The van der Waals surface area contributed by atoms with Crippen LogP contribution in [0.5, 0.6) is 11.5 Å². The number of hydrogen-bond donors (Lipinski definition) is 1. The second-order valence-corrected chi connectivity index (χ2v) is 12.9. The largest absolute Gasteiger partial charge is 0.495 e. The van der Waals surface area contributed by atoms with Gasteiger partial charge in [0, 0.05) is 11.6 Å². The van der Waals surface area contributed by atoms with E-state index >= 15 is 0 Å². The molecule has 0 saturated carbocycles. The molecule has 1 aliphatic rings. The summed E-state index contributed by atoms with van der Waals surface area (Å²) >= 11 is 6.42. The average Bonchev–Trinajstić information content (AvgIpc) is 3.04. The van der Waals surface area contributed by atoms with E-state index in [-0.39, 0.29) is 28.8 Å². The highest BCUT2D eigenvalue weighted by Crippen LogP contribution is 2.36. The highest BCUT2D eigenvalue weighted by atomic mass is 35.5. The van der Waals surface area contributed by atoms with Crippen LogP contribution in [-0.2, 0) is 26.0 Å². The van der Waals surface area contributed by atoms with Gasteiger partial charge in [0.1, 0.15) is 22.9 Å². The van der Waals surface area contributed by atoms with Crippen molar-refractivity contribution < 1.29 is 27.5 Å². The minimum absolute atomic E-state index is 0.0902. The van der Waals surface area contributed by atoms with Crippen molar-refractivity contribution in [2.24, 2.45) is 0 Å². The second-order valence-electron chi connectivity index (χ2n) is 10.7. The number of halogens is 1. The number of carbonyl (C=O) groups is 2. The minimum atomic E-state index is -4.34. The summed E-state index contributed by atoms with van der Waals surface area (Å²) in [5, 5.41) is 3.24. The number of hydrogen-bond acceptors (Lipinski definition) is 6. The molecular formula is C34H34ClN3O6S. The summed E-state index contributed by atoms with van der Waals surface area (Å²) in [6.45, 7) is 3.28. The van der Waals surface area contributed by atoms with Crippen LogP contribution in [0.1, 0.15) is 16.7 Å². The third kappa shape index (κ3) is 7.08. The molecule has 0 aromatic heterocycles. The fraction of sp³-hybridized carbons (Fsp3) is 0.235. The van der Waals surface area contributed by atoms with Gasteiger partial charge in [0.25, 0.3) is 15.9 Å². The van der Waals surface area contributed by atoms with Crippen LogP contribution in [0.15, 0.2) is 95.9 Å². The van der Waals surface area contributed by atoms with Crippen LogP contribution in [0, 0.1) is 13.8 Å². The van der Waals surface area contributed by atoms with Gasteiger partial charge in [-0.2, -0.15) is 0 Å². The minimum Gasteiger partial charge on any atom is -0.495 e. The fourth-order valence-electron chi connectivity index (χ4n) is 5.06. The molecule has 1 N–H and O–H groups in total. The maximum atomic E-state index is 14.3. The van der Waals surface area contributed by atoms with Crippen molar-refractivity contribution in [2.45, 2.75) is 31.3 Å². The zero-order chi connectivity index (χ0) is 32.1. The lowest BCUT2D eigenvalue weighted by atomic mass is 10.1. The first kappa shape index (κ1) is 31.9. The Balaban J connectivity index is 1.45. The molecule has 1 aliphatic heterocycles. The van der Waals surface area contributed by atoms with Crippen molar-refractivity contribution in [3.05, 3.63) is 113 Å². The molecular weight excluding hydrogens is 614 g/mol. The Morgan fingerprint density at radius 2 is 1.73 bits per heavy atom. The molecule has 0 aliphatic carbocycles. The van der Waals surface area contributed by atoms with Gasteiger partial charge in [-0.1, -0.05) is 66.2 Å². The number of sulfonamides is 1. The van der Waals surface area contributed by atoms with Crippen LogP contribution >= 0.6 is 11.6 Å². The highest BCUT2D eigenvalue weighted by molar-refractivity contribution is 7.93. The van der Waals surface area contributed by atoms with Crippen LogP contribution in [0.2, 0.25) is 5.02 Å². The first-order valence-electron chi connectivity index (χ1n) is 14.4. The molecule has 234 valence electrons. The zero-order valence-electron chi connectivity index (χ0n) is 25.2. The summed E-state index contributed by atoms with van der Waals surface area (Å²) in [7, 11) is -2.95. The van der Waals surface area contributed by atoms with Gasteiger partial charge in [0.2, 0.25) is 5.91 Å². The van der Waals surface area contributed by atoms with Gasteiger partial charge in [-0.15, -0.1) is 0 Å². The molecule has 0 radical (unpaired) electrons. The van der Waals surface area contributed by atoms with Gasteiger partial charge in [-0.25, -0.2) is 8.42 Å². The standard InChI is InChI=1S/C34H34ClN3O6S/c1-23-13-16-30(43-3)32(19-23)45(41,42)38(26-15-14-24(2)27(35)20-26)22-33(39)37-21-31(44-29-12-8-7-11-28(29)37)34(40)36-18-17-25-9-5-4-6-10-25/h4-16,19-20,31H,17-18,21-22H2,1-3H3,(H,36,40)/t31-/m1/s1. The van der Waals surface area contributed by atoms with Gasteiger partial charge >= 0.3 is 0 Å². The molecule has 0 fully saturated rings. The second kappa shape index (κ2) is 13.6. The van der Waals surface area contributed by atoms with Gasteiger partial charge in [0.05, 0.1) is 25.0 Å². The van der Waals surface area contributed by atoms with E-state index in [1.807, 2.05) is 30.3 Å². The SMILES string of the molecule is COc1ccc(C)cc1S(=O)(=O)N(CC(=O)N1C[C@H](C(=O)NCCc2ccccc2)Oc2ccccc21)c1ccc(C)c(Cl)c1. The summed E-state index contributed by atoms with van der Waals surface area (Å²) < 4.78 is 41.0. The Morgan fingerprint density at radius 3 is 2.47 bits per heavy atom. The lowest BCUT2D eigenvalue weighted by Gasteiger charge is -2.35. The Kier molecular flexibility index (Phi) is 9.65. The van der Waals surface area contributed by atoms with Crippen LogP contribution < -0.4 is 24.0 Å². The summed E-state index contributed by atoms with van der Waals surface area (Å²) in [6, 6.07) is 26.2. The van der Waals surface area contributed by atoms with Crippen molar-refractivity contribution in [2.75, 3.05) is 35.9 Å². The fourth-order valence-corrected chi connectivity index (χ4v) is 6.88. The molecule has 0 spiro atoms. The zero-order valence-corrected chi connectivity index (χ0v) is 26.8. The molecule has 5 rings (SSSR count). The first-order valence-corrected chi connectivity index (χ1v) is 16.2. The van der Waals surface area contributed by atoms with E-state index in [9.17, 15) is 18.0 Å². The lowest BCUT2D eigenvalue weighted by molar-refractivity contribution is -0.128. The van der Waals surface area contributed by atoms with E-state index in [0.717, 1.165) is 15.4 Å². The number of benzene rings is 4. The molecule has 1 heterocycles. The Bertz CT molecular complexity index is 1820. The molecule has 45 heavy (non-hydrogen) atoms. The molecule has 0 unspecified atom stereocenters. The summed E-state index contributed by atoms with van der Waals surface area (Å²) in [5.41, 5.74) is 3.17. The van der Waals surface area contributed by atoms with Crippen molar-refractivity contribution >= 4 is 44.8 Å². The number of para-hydroxylation sites is 2. The van der Waals surface area contributed by atoms with Crippen molar-refractivity contribution in [3.8, 4) is 11.5 Å². The smallest absolute Gasteiger partial charge is 0.268 e. The number of methoxy groups -OCH3 is 1. The van der Waals surface area contributed by atoms with Crippen LogP contribution in [0.4, 0.5) is 11.4 Å². The molecule has 4 aromatic carbocycles. The molecule has 4 aromatic rings. The third-order valence-corrected chi connectivity index (χ3v) is 9.73. The molecule has 2 amide bonds. The first-order chi connectivity index (χ1) is 21.6.